The molecule has 3 rings (SSSR count). The number of hydrogen-bond acceptors (Lipinski definition) is 4. The molecule has 2 aromatic rings. The van der Waals surface area contributed by atoms with Crippen LogP contribution in [-0.2, 0) is 9.53 Å². The zero-order valence-electron chi connectivity index (χ0n) is 17.5. The van der Waals surface area contributed by atoms with Gasteiger partial charge in [0.25, 0.3) is 5.91 Å². The van der Waals surface area contributed by atoms with E-state index in [1.165, 1.54) is 0 Å². The van der Waals surface area contributed by atoms with Gasteiger partial charge in [-0.15, -0.1) is 0 Å². The first kappa shape index (κ1) is 21.6. The van der Waals surface area contributed by atoms with Gasteiger partial charge in [0.15, 0.2) is 0 Å². The third-order valence-electron chi connectivity index (χ3n) is 5.42. The van der Waals surface area contributed by atoms with Gasteiger partial charge in [0.05, 0.1) is 12.0 Å². The number of nitrogens with one attached hydrogen (secondary N) is 2. The number of esters is 1. The zero-order valence-corrected chi connectivity index (χ0v) is 17.5. The van der Waals surface area contributed by atoms with Crippen LogP contribution in [0.4, 0.5) is 0 Å². The monoisotopic (exact) mass is 407 g/mol. The van der Waals surface area contributed by atoms with E-state index in [4.69, 9.17) is 15.9 Å². The van der Waals surface area contributed by atoms with Crippen molar-refractivity contribution >= 4 is 17.7 Å². The predicted octanol–water partition coefficient (Wildman–Crippen LogP) is 3.88. The lowest BCUT2D eigenvalue weighted by molar-refractivity contribution is -0.153. The Morgan fingerprint density at radius 3 is 1.90 bits per heavy atom. The SMILES string of the molecule is CC(C)OC(=O)C1CCC(NC(=O)c2ccc(-c3ccc(C(=N)N)cc3)cc2)CC1. The highest BCUT2D eigenvalue weighted by atomic mass is 16.5. The number of nitrogens with two attached hydrogens (primary N) is 1. The van der Waals surface area contributed by atoms with Gasteiger partial charge in [-0.05, 0) is 62.8 Å². The van der Waals surface area contributed by atoms with Crippen molar-refractivity contribution in [3.05, 3.63) is 59.7 Å². The van der Waals surface area contributed by atoms with Gasteiger partial charge in [-0.1, -0.05) is 36.4 Å². The second kappa shape index (κ2) is 9.57. The fraction of sp³-hybridized carbons (Fsp3) is 0.375. The fourth-order valence-corrected chi connectivity index (χ4v) is 3.73. The first-order valence-corrected chi connectivity index (χ1v) is 10.4. The van der Waals surface area contributed by atoms with Crippen LogP contribution in [0.15, 0.2) is 48.5 Å². The Labute approximate surface area is 177 Å². The van der Waals surface area contributed by atoms with Crippen LogP contribution in [-0.4, -0.2) is 29.9 Å². The first-order chi connectivity index (χ1) is 14.3. The number of amidine groups is 1. The van der Waals surface area contributed by atoms with Crippen molar-refractivity contribution in [1.82, 2.24) is 5.32 Å². The molecule has 1 fully saturated rings. The quantitative estimate of drug-likeness (QED) is 0.384. The van der Waals surface area contributed by atoms with E-state index in [1.807, 2.05) is 62.4 Å². The van der Waals surface area contributed by atoms with E-state index < -0.39 is 0 Å². The molecule has 0 unspecified atom stereocenters. The van der Waals surface area contributed by atoms with Crippen LogP contribution in [0.3, 0.4) is 0 Å². The lowest BCUT2D eigenvalue weighted by Gasteiger charge is -2.28. The average Bonchev–Trinajstić information content (AvgIpc) is 2.74. The Balaban J connectivity index is 1.54. The maximum Gasteiger partial charge on any atom is 0.309 e. The topological polar surface area (TPSA) is 105 Å². The van der Waals surface area contributed by atoms with Crippen molar-refractivity contribution in [2.24, 2.45) is 11.7 Å². The summed E-state index contributed by atoms with van der Waals surface area (Å²) >= 11 is 0. The van der Waals surface area contributed by atoms with Gasteiger partial charge in [-0.2, -0.15) is 0 Å². The van der Waals surface area contributed by atoms with E-state index in [9.17, 15) is 9.59 Å². The predicted molar refractivity (Wildman–Crippen MR) is 117 cm³/mol. The largest absolute Gasteiger partial charge is 0.463 e. The van der Waals surface area contributed by atoms with Crippen LogP contribution < -0.4 is 11.1 Å². The summed E-state index contributed by atoms with van der Waals surface area (Å²) in [6.45, 7) is 3.71. The zero-order chi connectivity index (χ0) is 21.7. The molecule has 0 aromatic heterocycles. The Hall–Kier alpha value is -3.15. The number of carbonyl (C=O) groups excluding carboxylic acids is 2. The third kappa shape index (κ3) is 5.47. The minimum absolute atomic E-state index is 0.0411. The molecule has 2 aromatic carbocycles. The maximum atomic E-state index is 12.6. The highest BCUT2D eigenvalue weighted by molar-refractivity contribution is 5.96. The number of rotatable bonds is 6. The minimum Gasteiger partial charge on any atom is -0.463 e. The average molecular weight is 408 g/mol. The molecule has 0 spiro atoms. The molecule has 1 aliphatic carbocycles. The maximum absolute atomic E-state index is 12.6. The van der Waals surface area contributed by atoms with Gasteiger partial charge in [0.1, 0.15) is 5.84 Å². The summed E-state index contributed by atoms with van der Waals surface area (Å²) in [5.74, 6) is -0.239. The van der Waals surface area contributed by atoms with Gasteiger partial charge < -0.3 is 15.8 Å². The van der Waals surface area contributed by atoms with E-state index in [2.05, 4.69) is 5.32 Å². The van der Waals surface area contributed by atoms with Crippen molar-refractivity contribution in [3.63, 3.8) is 0 Å². The molecule has 6 nitrogen and oxygen atoms in total. The van der Waals surface area contributed by atoms with Gasteiger partial charge in [0.2, 0.25) is 0 Å². The Morgan fingerprint density at radius 1 is 0.933 bits per heavy atom. The van der Waals surface area contributed by atoms with E-state index in [1.54, 1.807) is 0 Å². The standard InChI is InChI=1S/C24H29N3O3/c1-15(2)30-24(29)20-11-13-21(14-12-20)27-23(28)19-9-5-17(6-10-19)16-3-7-18(8-4-16)22(25)26/h3-10,15,20-21H,11-14H2,1-2H3,(H3,25,26)(H,27,28). The van der Waals surface area contributed by atoms with Crippen molar-refractivity contribution in [1.29, 1.82) is 5.41 Å². The van der Waals surface area contributed by atoms with Crippen LogP contribution >= 0.6 is 0 Å². The van der Waals surface area contributed by atoms with Crippen molar-refractivity contribution in [3.8, 4) is 11.1 Å². The molecule has 4 N–H and O–H groups in total. The normalized spacial score (nSPS) is 18.6. The van der Waals surface area contributed by atoms with Gasteiger partial charge in [-0.25, -0.2) is 0 Å². The van der Waals surface area contributed by atoms with Crippen molar-refractivity contribution in [2.45, 2.75) is 51.7 Å². The molecular formula is C24H29N3O3. The molecule has 0 heterocycles. The Bertz CT molecular complexity index is 896. The van der Waals surface area contributed by atoms with Gasteiger partial charge in [0, 0.05) is 17.2 Å². The molecule has 1 saturated carbocycles. The molecule has 1 aliphatic rings. The number of carbonyl (C=O) groups is 2. The number of amides is 1. The van der Waals surface area contributed by atoms with Crippen LogP contribution in [0.25, 0.3) is 11.1 Å². The second-order valence-electron chi connectivity index (χ2n) is 8.08. The molecular weight excluding hydrogens is 378 g/mol. The number of hydrogen-bond donors (Lipinski definition) is 3. The molecule has 0 saturated heterocycles. The lowest BCUT2D eigenvalue weighted by Crippen LogP contribution is -2.39. The minimum atomic E-state index is -0.123. The molecule has 1 amide bonds. The smallest absolute Gasteiger partial charge is 0.309 e. The van der Waals surface area contributed by atoms with Gasteiger partial charge in [-0.3, -0.25) is 15.0 Å². The van der Waals surface area contributed by atoms with Crippen LogP contribution in [0.2, 0.25) is 0 Å². The van der Waals surface area contributed by atoms with Crippen LogP contribution in [0, 0.1) is 11.3 Å². The number of ether oxygens (including phenoxy) is 1. The summed E-state index contributed by atoms with van der Waals surface area (Å²) in [5, 5.41) is 10.5. The summed E-state index contributed by atoms with van der Waals surface area (Å²) in [6, 6.07) is 15.0. The van der Waals surface area contributed by atoms with E-state index in [0.717, 1.165) is 36.8 Å². The summed E-state index contributed by atoms with van der Waals surface area (Å²) < 4.78 is 5.30. The molecule has 0 radical (unpaired) electrons. The molecule has 0 bridgehead atoms. The summed E-state index contributed by atoms with van der Waals surface area (Å²) in [7, 11) is 0. The van der Waals surface area contributed by atoms with E-state index in [-0.39, 0.29) is 35.8 Å². The van der Waals surface area contributed by atoms with Crippen molar-refractivity contribution < 1.29 is 14.3 Å². The Morgan fingerprint density at radius 2 is 1.43 bits per heavy atom. The molecule has 0 atom stereocenters. The summed E-state index contributed by atoms with van der Waals surface area (Å²) in [5.41, 5.74) is 8.77. The Kier molecular flexibility index (Phi) is 6.87. The molecule has 6 heteroatoms. The molecule has 30 heavy (non-hydrogen) atoms. The van der Waals surface area contributed by atoms with E-state index >= 15 is 0 Å². The number of nitrogen functional groups attached to an aromatic ring is 1. The third-order valence-corrected chi connectivity index (χ3v) is 5.42. The summed E-state index contributed by atoms with van der Waals surface area (Å²) in [4.78, 5) is 24.6. The fourth-order valence-electron chi connectivity index (χ4n) is 3.73. The van der Waals surface area contributed by atoms with Gasteiger partial charge >= 0.3 is 5.97 Å². The van der Waals surface area contributed by atoms with Crippen LogP contribution in [0.1, 0.15) is 55.5 Å². The van der Waals surface area contributed by atoms with Crippen molar-refractivity contribution in [2.75, 3.05) is 0 Å². The second-order valence-corrected chi connectivity index (χ2v) is 8.08. The first-order valence-electron chi connectivity index (χ1n) is 10.4. The molecule has 158 valence electrons. The van der Waals surface area contributed by atoms with Crippen LogP contribution in [0.5, 0.6) is 0 Å². The number of benzene rings is 2. The van der Waals surface area contributed by atoms with E-state index in [0.29, 0.717) is 11.1 Å². The molecule has 0 aliphatic heterocycles. The highest BCUT2D eigenvalue weighted by Gasteiger charge is 2.28. The highest BCUT2D eigenvalue weighted by Crippen LogP contribution is 2.26. The summed E-state index contributed by atoms with van der Waals surface area (Å²) in [6.07, 6.45) is 2.95. The lowest BCUT2D eigenvalue weighted by atomic mass is 9.86.